The molecule has 0 aliphatic rings. The van der Waals surface area contributed by atoms with Gasteiger partial charge in [-0.15, -0.1) is 0 Å². The van der Waals surface area contributed by atoms with Crippen LogP contribution in [-0.4, -0.2) is 29.9 Å². The predicted molar refractivity (Wildman–Crippen MR) is 90.2 cm³/mol. The summed E-state index contributed by atoms with van der Waals surface area (Å²) in [6.07, 6.45) is 0.485. The van der Waals surface area contributed by atoms with Crippen molar-refractivity contribution in [1.29, 1.82) is 0 Å². The summed E-state index contributed by atoms with van der Waals surface area (Å²) in [4.78, 5) is 32.5. The summed E-state index contributed by atoms with van der Waals surface area (Å²) in [5.41, 5.74) is 5.75. The van der Waals surface area contributed by atoms with Crippen LogP contribution in [0.4, 0.5) is 10.1 Å². The molecule has 0 heterocycles. The van der Waals surface area contributed by atoms with Gasteiger partial charge in [-0.3, -0.25) is 19.7 Å². The van der Waals surface area contributed by atoms with Gasteiger partial charge in [-0.05, 0) is 30.2 Å². The molecule has 2 amide bonds. The summed E-state index contributed by atoms with van der Waals surface area (Å²) >= 11 is 0. The fourth-order valence-electron chi connectivity index (χ4n) is 2.15. The van der Waals surface area contributed by atoms with Crippen LogP contribution >= 0.6 is 0 Å². The highest BCUT2D eigenvalue weighted by Gasteiger charge is 2.14. The van der Waals surface area contributed by atoms with Gasteiger partial charge in [0.15, 0.2) is 6.61 Å². The first-order valence-electron chi connectivity index (χ1n) is 7.59. The third-order valence-electron chi connectivity index (χ3n) is 3.43. The summed E-state index contributed by atoms with van der Waals surface area (Å²) in [7, 11) is 0. The second-order valence-corrected chi connectivity index (χ2v) is 5.32. The molecular weight excluding hydrogens is 345 g/mol. The van der Waals surface area contributed by atoms with Crippen LogP contribution in [0.25, 0.3) is 0 Å². The molecule has 136 valence electrons. The fraction of sp³-hybridized carbons (Fsp3) is 0.176. The molecule has 0 bridgehead atoms. The lowest BCUT2D eigenvalue weighted by molar-refractivity contribution is -0.387. The molecule has 8 nitrogen and oxygen atoms in total. The molecule has 2 aromatic rings. The van der Waals surface area contributed by atoms with E-state index in [0.29, 0.717) is 18.5 Å². The fourth-order valence-corrected chi connectivity index (χ4v) is 2.15. The van der Waals surface area contributed by atoms with Gasteiger partial charge in [0.1, 0.15) is 5.75 Å². The van der Waals surface area contributed by atoms with Crippen LogP contribution in [-0.2, 0) is 11.2 Å². The van der Waals surface area contributed by atoms with Crippen LogP contribution in [0, 0.1) is 15.9 Å². The van der Waals surface area contributed by atoms with Crippen molar-refractivity contribution in [2.45, 2.75) is 6.42 Å². The number of rotatable bonds is 8. The molecule has 0 aliphatic heterocycles. The average molecular weight is 361 g/mol. The lowest BCUT2D eigenvalue weighted by Gasteiger charge is -2.08. The molecule has 0 unspecified atom stereocenters. The van der Waals surface area contributed by atoms with Crippen LogP contribution in [0.15, 0.2) is 42.5 Å². The zero-order valence-electron chi connectivity index (χ0n) is 13.6. The monoisotopic (exact) mass is 361 g/mol. The van der Waals surface area contributed by atoms with Gasteiger partial charge in [-0.25, -0.2) is 0 Å². The quantitative estimate of drug-likeness (QED) is 0.545. The van der Waals surface area contributed by atoms with Crippen molar-refractivity contribution in [2.75, 3.05) is 13.2 Å². The van der Waals surface area contributed by atoms with Gasteiger partial charge in [0, 0.05) is 24.2 Å². The maximum atomic E-state index is 13.4. The normalized spacial score (nSPS) is 10.2. The molecule has 26 heavy (non-hydrogen) atoms. The molecule has 0 atom stereocenters. The van der Waals surface area contributed by atoms with Crippen LogP contribution in [0.2, 0.25) is 0 Å². The lowest BCUT2D eigenvalue weighted by Crippen LogP contribution is -2.30. The Hall–Kier alpha value is -3.49. The Balaban J connectivity index is 1.79. The zero-order chi connectivity index (χ0) is 19.1. The van der Waals surface area contributed by atoms with E-state index in [-0.39, 0.29) is 12.4 Å². The van der Waals surface area contributed by atoms with Gasteiger partial charge in [0.25, 0.3) is 5.91 Å². The minimum Gasteiger partial charge on any atom is -0.484 e. The number of carbonyl (C=O) groups is 2. The highest BCUT2D eigenvalue weighted by atomic mass is 19.1. The van der Waals surface area contributed by atoms with Crippen molar-refractivity contribution >= 4 is 17.5 Å². The maximum Gasteiger partial charge on any atom is 0.305 e. The number of hydrogen-bond donors (Lipinski definition) is 2. The third-order valence-corrected chi connectivity index (χ3v) is 3.43. The van der Waals surface area contributed by atoms with E-state index in [0.717, 1.165) is 17.7 Å². The highest BCUT2D eigenvalue weighted by molar-refractivity contribution is 5.92. The molecule has 2 rings (SSSR count). The Kier molecular flexibility index (Phi) is 6.20. The van der Waals surface area contributed by atoms with E-state index in [1.54, 1.807) is 24.3 Å². The summed E-state index contributed by atoms with van der Waals surface area (Å²) in [6.45, 7) is -0.0579. The largest absolute Gasteiger partial charge is 0.484 e. The molecule has 0 saturated heterocycles. The van der Waals surface area contributed by atoms with E-state index in [2.05, 4.69) is 5.32 Å². The second kappa shape index (κ2) is 8.56. The van der Waals surface area contributed by atoms with Gasteiger partial charge in [0.2, 0.25) is 11.7 Å². The number of amides is 2. The van der Waals surface area contributed by atoms with E-state index in [4.69, 9.17) is 10.5 Å². The van der Waals surface area contributed by atoms with E-state index in [1.807, 2.05) is 0 Å². The highest BCUT2D eigenvalue weighted by Crippen LogP contribution is 2.22. The first-order valence-corrected chi connectivity index (χ1v) is 7.59. The molecule has 0 aromatic heterocycles. The molecule has 2 aromatic carbocycles. The van der Waals surface area contributed by atoms with Gasteiger partial charge in [-0.2, -0.15) is 4.39 Å². The Morgan fingerprint density at radius 2 is 2.00 bits per heavy atom. The molecule has 0 aliphatic carbocycles. The number of nitrogens with two attached hydrogens (primary N) is 1. The van der Waals surface area contributed by atoms with Crippen molar-refractivity contribution < 1.29 is 23.6 Å². The Bertz CT molecular complexity index is 841. The first kappa shape index (κ1) is 18.8. The molecule has 9 heteroatoms. The average Bonchev–Trinajstić information content (AvgIpc) is 2.60. The van der Waals surface area contributed by atoms with E-state index in [1.165, 1.54) is 6.07 Å². The number of halogens is 1. The topological polar surface area (TPSA) is 125 Å². The van der Waals surface area contributed by atoms with Crippen molar-refractivity contribution in [3.63, 3.8) is 0 Å². The standard InChI is InChI=1S/C17H16FN3O5/c18-14-9-13(4-5-15(14)21(24)25)26-10-16(22)20-7-6-11-2-1-3-12(8-11)17(19)23/h1-5,8-9H,6-7,10H2,(H2,19,23)(H,20,22). The Morgan fingerprint density at radius 3 is 2.65 bits per heavy atom. The van der Waals surface area contributed by atoms with Crippen LogP contribution in [0.3, 0.4) is 0 Å². The number of nitro benzene ring substituents is 1. The van der Waals surface area contributed by atoms with E-state index in [9.17, 15) is 24.1 Å². The second-order valence-electron chi connectivity index (χ2n) is 5.32. The minimum atomic E-state index is -1.04. The van der Waals surface area contributed by atoms with Gasteiger partial charge in [-0.1, -0.05) is 12.1 Å². The van der Waals surface area contributed by atoms with Crippen LogP contribution < -0.4 is 15.8 Å². The predicted octanol–water partition coefficient (Wildman–Crippen LogP) is 1.57. The summed E-state index contributed by atoms with van der Waals surface area (Å²) < 4.78 is 18.6. The lowest BCUT2D eigenvalue weighted by atomic mass is 10.1. The Morgan fingerprint density at radius 1 is 1.23 bits per heavy atom. The molecule has 3 N–H and O–H groups in total. The number of benzene rings is 2. The molecule has 0 radical (unpaired) electrons. The number of hydrogen-bond acceptors (Lipinski definition) is 5. The summed E-state index contributed by atoms with van der Waals surface area (Å²) in [5.74, 6) is -1.99. The van der Waals surface area contributed by atoms with Crippen LogP contribution in [0.1, 0.15) is 15.9 Å². The third kappa shape index (κ3) is 5.26. The molecule has 0 saturated carbocycles. The SMILES string of the molecule is NC(=O)c1cccc(CCNC(=O)COc2ccc([N+](=O)[O-])c(F)c2)c1. The summed E-state index contributed by atoms with van der Waals surface area (Å²) in [5, 5.41) is 13.1. The number of nitrogens with one attached hydrogen (secondary N) is 1. The van der Waals surface area contributed by atoms with Gasteiger partial charge >= 0.3 is 5.69 Å². The van der Waals surface area contributed by atoms with Crippen molar-refractivity contribution in [3.05, 3.63) is 69.5 Å². The Labute approximate surface area is 147 Å². The molecule has 0 fully saturated rings. The number of carbonyl (C=O) groups excluding carboxylic acids is 2. The van der Waals surface area contributed by atoms with Crippen molar-refractivity contribution in [2.24, 2.45) is 5.73 Å². The number of nitro groups is 1. The van der Waals surface area contributed by atoms with Crippen molar-refractivity contribution in [3.8, 4) is 5.75 Å². The smallest absolute Gasteiger partial charge is 0.305 e. The number of nitrogens with zero attached hydrogens (tertiary/aromatic N) is 1. The zero-order valence-corrected chi connectivity index (χ0v) is 13.6. The van der Waals surface area contributed by atoms with E-state index < -0.39 is 28.2 Å². The first-order chi connectivity index (χ1) is 12.4. The van der Waals surface area contributed by atoms with Crippen LogP contribution in [0.5, 0.6) is 5.75 Å². The summed E-state index contributed by atoms with van der Waals surface area (Å²) in [6, 6.07) is 9.77. The van der Waals surface area contributed by atoms with Gasteiger partial charge < -0.3 is 15.8 Å². The van der Waals surface area contributed by atoms with E-state index >= 15 is 0 Å². The number of primary amides is 1. The number of ether oxygens (including phenoxy) is 1. The minimum absolute atomic E-state index is 0.0115. The van der Waals surface area contributed by atoms with Gasteiger partial charge in [0.05, 0.1) is 4.92 Å². The molecular formula is C17H16FN3O5. The van der Waals surface area contributed by atoms with Crippen molar-refractivity contribution in [1.82, 2.24) is 5.32 Å². The maximum absolute atomic E-state index is 13.4. The molecule has 0 spiro atoms.